The largest absolute Gasteiger partial charge is 0.392 e. The van der Waals surface area contributed by atoms with E-state index in [1.54, 1.807) is 0 Å². The van der Waals surface area contributed by atoms with E-state index in [9.17, 15) is 0 Å². The lowest BCUT2D eigenvalue weighted by molar-refractivity contribution is 0.341. The van der Waals surface area contributed by atoms with E-state index in [1.807, 2.05) is 12.2 Å². The van der Waals surface area contributed by atoms with E-state index in [1.165, 1.54) is 28.7 Å². The highest BCUT2D eigenvalue weighted by Crippen LogP contribution is 2.15. The molecule has 0 bridgehead atoms. The van der Waals surface area contributed by atoms with Gasteiger partial charge in [0.1, 0.15) is 0 Å². The number of allylic oxidation sites excluding steroid dienone is 8. The van der Waals surface area contributed by atoms with Crippen molar-refractivity contribution in [3.05, 3.63) is 59.3 Å². The molecule has 0 aliphatic heterocycles. The molecule has 0 fully saturated rings. The van der Waals surface area contributed by atoms with Crippen molar-refractivity contribution in [3.63, 3.8) is 0 Å². The molecule has 0 saturated heterocycles. The van der Waals surface area contributed by atoms with Gasteiger partial charge in [0, 0.05) is 0 Å². The fourth-order valence-corrected chi connectivity index (χ4v) is 2.44. The normalized spacial score (nSPS) is 13.2. The van der Waals surface area contributed by atoms with Crippen LogP contribution in [-0.2, 0) is 0 Å². The molecule has 130 valence electrons. The maximum atomic E-state index is 9.00. The van der Waals surface area contributed by atoms with Crippen LogP contribution in [0.5, 0.6) is 0 Å². The highest BCUT2D eigenvalue weighted by atomic mass is 16.2. The van der Waals surface area contributed by atoms with E-state index in [4.69, 9.17) is 5.11 Å². The molecule has 0 radical (unpaired) electrons. The third-order valence-electron chi connectivity index (χ3n) is 3.87. The van der Waals surface area contributed by atoms with Crippen molar-refractivity contribution in [2.75, 3.05) is 6.61 Å². The summed E-state index contributed by atoms with van der Waals surface area (Å²) < 4.78 is 0. The Morgan fingerprint density at radius 2 is 1.30 bits per heavy atom. The van der Waals surface area contributed by atoms with Gasteiger partial charge in [-0.1, -0.05) is 52.7 Å². The standard InChI is InChI=1S/C22H36O/c1-6-10-22(17-18-23)16-9-15-21(5)14-8-13-20(4)12-7-11-19(2)3/h6,11,13,15,17,23H,1,7-10,12,14,16,18H2,2-5H3/b20-13+,21-15+,22-17+. The van der Waals surface area contributed by atoms with E-state index in [0.29, 0.717) is 0 Å². The summed E-state index contributed by atoms with van der Waals surface area (Å²) in [7, 11) is 0. The molecule has 0 atom stereocenters. The molecule has 0 rings (SSSR count). The van der Waals surface area contributed by atoms with Gasteiger partial charge in [-0.25, -0.2) is 0 Å². The van der Waals surface area contributed by atoms with Gasteiger partial charge >= 0.3 is 0 Å². The molecule has 1 heteroatoms. The molecular formula is C22H36O. The molecule has 0 aromatic rings. The smallest absolute Gasteiger partial charge is 0.0615 e. The first kappa shape index (κ1) is 21.7. The van der Waals surface area contributed by atoms with Crippen LogP contribution in [0.15, 0.2) is 59.3 Å². The Morgan fingerprint density at radius 3 is 1.78 bits per heavy atom. The van der Waals surface area contributed by atoms with E-state index < -0.39 is 0 Å². The minimum atomic E-state index is 0.128. The summed E-state index contributed by atoms with van der Waals surface area (Å²) in [5.74, 6) is 0. The van der Waals surface area contributed by atoms with Gasteiger partial charge in [0.15, 0.2) is 0 Å². The average Bonchev–Trinajstić information content (AvgIpc) is 2.47. The maximum absolute atomic E-state index is 9.00. The van der Waals surface area contributed by atoms with Crippen molar-refractivity contribution in [2.45, 2.75) is 72.6 Å². The molecule has 1 N–H and O–H groups in total. The summed E-state index contributed by atoms with van der Waals surface area (Å²) >= 11 is 0. The first-order valence-corrected chi connectivity index (χ1v) is 8.83. The lowest BCUT2D eigenvalue weighted by Crippen LogP contribution is -1.86. The zero-order valence-electron chi connectivity index (χ0n) is 15.7. The fourth-order valence-electron chi connectivity index (χ4n) is 2.44. The lowest BCUT2D eigenvalue weighted by Gasteiger charge is -2.04. The summed E-state index contributed by atoms with van der Waals surface area (Å²) in [5.41, 5.74) is 5.64. The molecule has 0 aliphatic carbocycles. The second-order valence-electron chi connectivity index (χ2n) is 6.54. The number of hydrogen-bond donors (Lipinski definition) is 1. The van der Waals surface area contributed by atoms with Crippen molar-refractivity contribution in [2.24, 2.45) is 0 Å². The van der Waals surface area contributed by atoms with Gasteiger partial charge in [-0.05, 0) is 72.6 Å². The number of hydrogen-bond acceptors (Lipinski definition) is 1. The summed E-state index contributed by atoms with van der Waals surface area (Å²) in [6.07, 6.45) is 18.4. The van der Waals surface area contributed by atoms with Crippen LogP contribution in [0.1, 0.15) is 72.6 Å². The van der Waals surface area contributed by atoms with Gasteiger partial charge in [0.05, 0.1) is 6.61 Å². The summed E-state index contributed by atoms with van der Waals surface area (Å²) in [4.78, 5) is 0. The van der Waals surface area contributed by atoms with Crippen molar-refractivity contribution in [1.29, 1.82) is 0 Å². The minimum Gasteiger partial charge on any atom is -0.392 e. The molecule has 0 saturated carbocycles. The third-order valence-corrected chi connectivity index (χ3v) is 3.87. The monoisotopic (exact) mass is 316 g/mol. The molecule has 0 aliphatic rings. The zero-order valence-corrected chi connectivity index (χ0v) is 15.7. The van der Waals surface area contributed by atoms with Gasteiger partial charge < -0.3 is 5.11 Å². The van der Waals surface area contributed by atoms with E-state index in [-0.39, 0.29) is 6.61 Å². The maximum Gasteiger partial charge on any atom is 0.0615 e. The first-order valence-electron chi connectivity index (χ1n) is 8.83. The molecule has 23 heavy (non-hydrogen) atoms. The summed E-state index contributed by atoms with van der Waals surface area (Å²) in [6, 6.07) is 0. The Bertz CT molecular complexity index is 443. The van der Waals surface area contributed by atoms with E-state index in [2.05, 4.69) is 52.5 Å². The van der Waals surface area contributed by atoms with Crippen LogP contribution in [0, 0.1) is 0 Å². The summed E-state index contributed by atoms with van der Waals surface area (Å²) in [6.45, 7) is 12.7. The Labute approximate surface area is 144 Å². The van der Waals surface area contributed by atoms with Crippen LogP contribution >= 0.6 is 0 Å². The van der Waals surface area contributed by atoms with Crippen molar-refractivity contribution < 1.29 is 5.11 Å². The Balaban J connectivity index is 4.08. The van der Waals surface area contributed by atoms with E-state index >= 15 is 0 Å². The van der Waals surface area contributed by atoms with Crippen LogP contribution in [0.2, 0.25) is 0 Å². The minimum absolute atomic E-state index is 0.128. The number of aliphatic hydroxyl groups excluding tert-OH is 1. The predicted molar refractivity (Wildman–Crippen MR) is 105 cm³/mol. The number of aliphatic hydroxyl groups is 1. The number of rotatable bonds is 12. The molecule has 0 amide bonds. The Kier molecular flexibility index (Phi) is 13.4. The SMILES string of the molecule is C=CC/C(=C\CO)CC/C=C(\C)CC/C=C(\C)CCC=C(C)C. The van der Waals surface area contributed by atoms with Crippen LogP contribution in [0.3, 0.4) is 0 Å². The molecule has 0 aromatic carbocycles. The molecule has 1 nitrogen and oxygen atoms in total. The lowest BCUT2D eigenvalue weighted by atomic mass is 10.0. The first-order chi connectivity index (χ1) is 11.0. The van der Waals surface area contributed by atoms with Crippen molar-refractivity contribution in [1.82, 2.24) is 0 Å². The third kappa shape index (κ3) is 14.0. The van der Waals surface area contributed by atoms with Gasteiger partial charge in [-0.2, -0.15) is 0 Å². The Morgan fingerprint density at radius 1 is 0.783 bits per heavy atom. The summed E-state index contributed by atoms with van der Waals surface area (Å²) in [5, 5.41) is 9.00. The molecule has 0 spiro atoms. The van der Waals surface area contributed by atoms with Gasteiger partial charge in [-0.3, -0.25) is 0 Å². The van der Waals surface area contributed by atoms with Crippen molar-refractivity contribution in [3.8, 4) is 0 Å². The van der Waals surface area contributed by atoms with Crippen LogP contribution < -0.4 is 0 Å². The average molecular weight is 317 g/mol. The van der Waals surface area contributed by atoms with Crippen molar-refractivity contribution >= 4 is 0 Å². The van der Waals surface area contributed by atoms with Gasteiger partial charge in [0.25, 0.3) is 0 Å². The highest BCUT2D eigenvalue weighted by Gasteiger charge is 1.95. The van der Waals surface area contributed by atoms with Crippen LogP contribution in [0.4, 0.5) is 0 Å². The van der Waals surface area contributed by atoms with Crippen LogP contribution in [0.25, 0.3) is 0 Å². The predicted octanol–water partition coefficient (Wildman–Crippen LogP) is 6.68. The molecule has 0 heterocycles. The van der Waals surface area contributed by atoms with Gasteiger partial charge in [-0.15, -0.1) is 6.58 Å². The Hall–Kier alpha value is -1.34. The van der Waals surface area contributed by atoms with Gasteiger partial charge in [0.2, 0.25) is 0 Å². The fraction of sp³-hybridized carbons (Fsp3) is 0.545. The van der Waals surface area contributed by atoms with Crippen LogP contribution in [-0.4, -0.2) is 11.7 Å². The quantitative estimate of drug-likeness (QED) is 0.398. The second-order valence-corrected chi connectivity index (χ2v) is 6.54. The molecule has 0 aromatic heterocycles. The van der Waals surface area contributed by atoms with E-state index in [0.717, 1.165) is 38.5 Å². The zero-order chi connectivity index (χ0) is 17.5. The topological polar surface area (TPSA) is 20.2 Å². The molecular weight excluding hydrogens is 280 g/mol. The highest BCUT2D eigenvalue weighted by molar-refractivity contribution is 5.10. The molecule has 0 unspecified atom stereocenters. The second kappa shape index (κ2) is 14.3.